The Kier molecular flexibility index (Phi) is 3600. The van der Waals surface area contributed by atoms with E-state index in [9.17, 15) is 0 Å². The second-order valence-electron chi connectivity index (χ2n) is 0.149. The van der Waals surface area contributed by atoms with Gasteiger partial charge in [0.2, 0.25) is 0 Å². The topological polar surface area (TPSA) is 239 Å². The summed E-state index contributed by atoms with van der Waals surface area (Å²) < 4.78 is 0. The maximum Gasteiger partial charge on any atom is 0 e. The molecular weight excluding hydrogens is 207 g/mol. The molecule has 0 saturated carbocycles. The zero-order valence-corrected chi connectivity index (χ0v) is 6.21. The Labute approximate surface area is 73.1 Å². The minimum Gasteiger partial charge on any atom is -0.693 e. The van der Waals surface area contributed by atoms with Crippen molar-refractivity contribution in [2.24, 2.45) is 10.7 Å². The van der Waals surface area contributed by atoms with E-state index in [-0.39, 0.29) is 41.4 Å². The summed E-state index contributed by atoms with van der Waals surface area (Å²) >= 11 is 0. The fourth-order valence-corrected chi connectivity index (χ4v) is 0. The molecule has 0 saturated heterocycles. The van der Waals surface area contributed by atoms with E-state index in [1.54, 1.807) is 0 Å². The molecule has 0 aromatic heterocycles. The third kappa shape index (κ3) is 641. The smallest absolute Gasteiger partial charge is 0 e. The van der Waals surface area contributed by atoms with Gasteiger partial charge < -0.3 is 44.8 Å². The van der Waals surface area contributed by atoms with Crippen molar-refractivity contribution in [3.05, 3.63) is 44.8 Å². The maximum absolute atomic E-state index is 8.00. The first-order chi connectivity index (χ1) is 2.83. The van der Waals surface area contributed by atoms with E-state index >= 15 is 0 Å². The number of hydrogen-bond donors (Lipinski definition) is 0. The normalized spacial score (nSPS) is 2.18. The van der Waals surface area contributed by atoms with Crippen LogP contribution in [0.5, 0.6) is 0 Å². The van der Waals surface area contributed by atoms with Crippen LogP contribution in [0.1, 0.15) is 0 Å². The molecule has 0 aliphatic heterocycles. The van der Waals surface area contributed by atoms with E-state index in [0.717, 1.165) is 10.7 Å². The summed E-state index contributed by atoms with van der Waals surface area (Å²) in [5.41, 5.74) is 0. The van der Waals surface area contributed by atoms with Crippen molar-refractivity contribution in [2.45, 2.75) is 0 Å². The molecule has 1 radical (unpaired) electrons. The first kappa shape index (κ1) is 85.7. The molecule has 8 N–H and O–H groups in total. The van der Waals surface area contributed by atoms with Gasteiger partial charge >= 0.3 is 0 Å². The minimum atomic E-state index is 0. The molecule has 0 heterocycles. The van der Waals surface area contributed by atoms with Gasteiger partial charge in [0, 0.05) is 16.8 Å². The van der Waals surface area contributed by atoms with Crippen molar-refractivity contribution in [1.82, 2.24) is 0 Å². The summed E-state index contributed by atoms with van der Waals surface area (Å²) in [6, 6.07) is 0. The van der Waals surface area contributed by atoms with Gasteiger partial charge in [0.1, 0.15) is 0 Å². The summed E-state index contributed by atoms with van der Waals surface area (Å²) in [4.78, 5) is 16.0. The SMILES string of the molecule is O=N[O-].O=N[O-].[Co].[NH2-].[NH2-].[NH2-].[NH2-]. The average Bonchev–Trinajstić information content (AvgIpc) is 1.39. The van der Waals surface area contributed by atoms with Crippen LogP contribution in [0, 0.1) is 20.2 Å². The molecule has 0 unspecified atom stereocenters. The molecule has 0 rings (SSSR count). The van der Waals surface area contributed by atoms with Gasteiger partial charge in [-0.2, -0.15) is 0 Å². The Hall–Kier alpha value is -0.854. The van der Waals surface area contributed by atoms with Gasteiger partial charge in [0.05, 0.1) is 0 Å². The largest absolute Gasteiger partial charge is 0.693 e. The molecule has 0 aliphatic rings. The predicted molar refractivity (Wildman–Crippen MR) is 39.5 cm³/mol. The van der Waals surface area contributed by atoms with Gasteiger partial charge in [-0.15, -0.1) is 10.7 Å². The fraction of sp³-hybridized carbons (Fsp3) is 0. The maximum atomic E-state index is 8.00. The zero-order chi connectivity index (χ0) is 5.41. The van der Waals surface area contributed by atoms with E-state index in [4.69, 9.17) is 20.2 Å². The van der Waals surface area contributed by atoms with Crippen molar-refractivity contribution in [2.75, 3.05) is 0 Å². The second kappa shape index (κ2) is 462. The van der Waals surface area contributed by atoms with Crippen LogP contribution in [0.25, 0.3) is 24.6 Å². The van der Waals surface area contributed by atoms with Crippen LogP contribution in [0.2, 0.25) is 0 Å². The summed E-state index contributed by atoms with van der Waals surface area (Å²) in [5, 5.41) is 18.0. The molecule has 11 heteroatoms. The Morgan fingerprint density at radius 1 is 0.727 bits per heavy atom. The molecule has 0 amide bonds. The number of nitrogens with two attached hydrogens (primary N) is 4. The molecule has 11 heavy (non-hydrogen) atoms. The first-order valence-electron chi connectivity index (χ1n) is 0.730. The van der Waals surface area contributed by atoms with E-state index in [1.807, 2.05) is 0 Å². The fourth-order valence-electron chi connectivity index (χ4n) is 0. The van der Waals surface area contributed by atoms with Gasteiger partial charge in [-0.1, -0.05) is 0 Å². The minimum absolute atomic E-state index is 0. The zero-order valence-electron chi connectivity index (χ0n) is 5.17. The summed E-state index contributed by atoms with van der Waals surface area (Å²) in [6.45, 7) is 0. The van der Waals surface area contributed by atoms with Gasteiger partial charge in [0.15, 0.2) is 0 Å². The van der Waals surface area contributed by atoms with E-state index in [2.05, 4.69) is 0 Å². The van der Waals surface area contributed by atoms with E-state index in [1.165, 1.54) is 0 Å². The Morgan fingerprint density at radius 3 is 0.727 bits per heavy atom. The first-order valence-corrected chi connectivity index (χ1v) is 0.730. The van der Waals surface area contributed by atoms with Gasteiger partial charge in [-0.25, -0.2) is 0 Å². The van der Waals surface area contributed by atoms with Crippen molar-refractivity contribution < 1.29 is 16.8 Å². The summed E-state index contributed by atoms with van der Waals surface area (Å²) in [6.07, 6.45) is 0. The molecule has 0 atom stereocenters. The van der Waals surface area contributed by atoms with Crippen LogP contribution < -0.4 is 0 Å². The molecule has 0 aromatic carbocycles. The number of nitrogens with zero attached hydrogens (tertiary/aromatic N) is 2. The van der Waals surface area contributed by atoms with Crippen LogP contribution in [0.4, 0.5) is 0 Å². The third-order valence-corrected chi connectivity index (χ3v) is 0. The average molecular weight is 215 g/mol. The van der Waals surface area contributed by atoms with Crippen LogP contribution in [-0.4, -0.2) is 0 Å². The Balaban J connectivity index is -0.00000000400. The third-order valence-electron chi connectivity index (χ3n) is 0. The van der Waals surface area contributed by atoms with Crippen molar-refractivity contribution in [3.63, 3.8) is 0 Å². The van der Waals surface area contributed by atoms with Crippen LogP contribution in [-0.2, 0) is 16.8 Å². The number of rotatable bonds is 0. The van der Waals surface area contributed by atoms with Crippen molar-refractivity contribution in [3.8, 4) is 0 Å². The standard InChI is InChI=1S/Co.2HNO2.4H2N/c;2*2-1-3;;;;/h;2*(H,2,3);4*1H2/q;;;4*-1/p-2. The molecule has 10 nitrogen and oxygen atoms in total. The van der Waals surface area contributed by atoms with Crippen molar-refractivity contribution >= 4 is 0 Å². The van der Waals surface area contributed by atoms with Crippen LogP contribution in [0.15, 0.2) is 10.7 Å². The van der Waals surface area contributed by atoms with E-state index < -0.39 is 0 Å². The van der Waals surface area contributed by atoms with Gasteiger partial charge in [-0.3, -0.25) is 0 Å². The Morgan fingerprint density at radius 2 is 0.727 bits per heavy atom. The van der Waals surface area contributed by atoms with Gasteiger partial charge in [-0.05, 0) is 0 Å². The summed E-state index contributed by atoms with van der Waals surface area (Å²) in [7, 11) is 0. The van der Waals surface area contributed by atoms with Gasteiger partial charge in [0.25, 0.3) is 0 Å². The number of hydrogen-bond acceptors (Lipinski definition) is 6. The van der Waals surface area contributed by atoms with Crippen molar-refractivity contribution in [1.29, 1.82) is 0 Å². The second-order valence-corrected chi connectivity index (χ2v) is 0.149. The Bertz CT molecular complexity index is 35.6. The predicted octanol–water partition coefficient (Wildman–Crippen LogP) is 3.37. The molecule has 0 fully saturated rings. The van der Waals surface area contributed by atoms with Crippen LogP contribution in [0.3, 0.4) is 0 Å². The van der Waals surface area contributed by atoms with Crippen LogP contribution >= 0.6 is 0 Å². The van der Waals surface area contributed by atoms with E-state index in [0.29, 0.717) is 0 Å². The molecule has 0 spiro atoms. The molecule has 77 valence electrons. The monoisotopic (exact) mass is 215 g/mol. The molecule has 0 bridgehead atoms. The summed E-state index contributed by atoms with van der Waals surface area (Å²) in [5.74, 6) is 0. The molecule has 0 aliphatic carbocycles. The molecule has 0 aromatic rings. The molecular formula is H8CoN6O4-6. The quantitative estimate of drug-likeness (QED) is 0.435.